The summed E-state index contributed by atoms with van der Waals surface area (Å²) in [7, 11) is 0. The van der Waals surface area contributed by atoms with Crippen molar-refractivity contribution in [1.82, 2.24) is 74.0 Å². The lowest BCUT2D eigenvalue weighted by molar-refractivity contribution is -0.138. The van der Waals surface area contributed by atoms with E-state index in [0.29, 0.717) is 31.2 Å². The van der Waals surface area contributed by atoms with Crippen molar-refractivity contribution < 1.29 is 86.9 Å². The molecule has 676 valence electrons. The van der Waals surface area contributed by atoms with E-state index >= 15 is 0 Å². The predicted molar refractivity (Wildman–Crippen MR) is 455 cm³/mol. The van der Waals surface area contributed by atoms with Crippen LogP contribution in [0.15, 0.2) is 65.7 Å². The van der Waals surface area contributed by atoms with Crippen molar-refractivity contribution in [2.75, 3.05) is 64.7 Å². The highest BCUT2D eigenvalue weighted by Gasteiger charge is 2.41. The van der Waals surface area contributed by atoms with Gasteiger partial charge in [0.15, 0.2) is 5.96 Å². The van der Waals surface area contributed by atoms with Crippen LogP contribution in [0, 0.1) is 0 Å². The van der Waals surface area contributed by atoms with Gasteiger partial charge in [-0.25, -0.2) is 0 Å². The fraction of sp³-hybridized carbons (Fsp3) is 0.642. The van der Waals surface area contributed by atoms with E-state index in [0.717, 1.165) is 47.9 Å². The summed E-state index contributed by atoms with van der Waals surface area (Å²) in [5.41, 5.74) is 35.5. The average Bonchev–Trinajstić information content (AvgIpc) is 1.71. The van der Waals surface area contributed by atoms with Gasteiger partial charge in [0.2, 0.25) is 94.5 Å². The molecule has 0 saturated carbocycles. The fourth-order valence-electron chi connectivity index (χ4n) is 12.7. The van der Waals surface area contributed by atoms with Crippen LogP contribution in [0.2, 0.25) is 0 Å². The zero-order chi connectivity index (χ0) is 89.6. The van der Waals surface area contributed by atoms with Crippen LogP contribution in [-0.4, -0.2) is 252 Å². The highest BCUT2D eigenvalue weighted by molar-refractivity contribution is 8.00. The Bertz CT molecular complexity index is 3640. The lowest BCUT2D eigenvalue weighted by Gasteiger charge is -2.26. The molecule has 2 aromatic carbocycles. The molecule has 0 spiro atoms. The predicted octanol–water partition coefficient (Wildman–Crippen LogP) is -3.43. The number of benzene rings is 2. The molecule has 0 aromatic heterocycles. The number of likely N-dealkylation sites (tertiary alicyclic amines) is 1. The van der Waals surface area contributed by atoms with Gasteiger partial charge in [0, 0.05) is 44.6 Å². The minimum absolute atomic E-state index is 0.0135. The van der Waals surface area contributed by atoms with Gasteiger partial charge >= 0.3 is 0 Å². The molecule has 3 rings (SSSR count). The van der Waals surface area contributed by atoms with Gasteiger partial charge < -0.3 is 114 Å². The number of hydrogen-bond donors (Lipinski definition) is 21. The van der Waals surface area contributed by atoms with Crippen LogP contribution < -0.4 is 104 Å². The van der Waals surface area contributed by atoms with Gasteiger partial charge in [0.1, 0.15) is 54.4 Å². The lowest BCUT2D eigenvalue weighted by Crippen LogP contribution is -2.60. The number of hydrogen-bond acceptors (Lipinski definition) is 23. The second-order valence-corrected chi connectivity index (χ2v) is 31.3. The maximum absolute atomic E-state index is 14.3. The summed E-state index contributed by atoms with van der Waals surface area (Å²) in [6.45, 7) is 3.39. The summed E-state index contributed by atoms with van der Waals surface area (Å²) in [5.74, 6) is -13.9. The summed E-state index contributed by atoms with van der Waals surface area (Å²) < 4.78 is 0. The minimum atomic E-state index is -1.80. The first-order chi connectivity index (χ1) is 57.8. The van der Waals surface area contributed by atoms with Crippen LogP contribution in [0.25, 0.3) is 0 Å². The third kappa shape index (κ3) is 43.6. The normalized spacial score (nSPS) is 15.1. The van der Waals surface area contributed by atoms with Gasteiger partial charge in [-0.1, -0.05) is 145 Å². The molecule has 121 heavy (non-hydrogen) atoms. The Balaban J connectivity index is 1.66. The van der Waals surface area contributed by atoms with Gasteiger partial charge in [-0.15, -0.1) is 11.8 Å². The van der Waals surface area contributed by atoms with Gasteiger partial charge in [0.25, 0.3) is 0 Å². The molecule has 27 N–H and O–H groups in total. The number of carbonyl (C=O) groups is 16. The standard InChI is InChI=1S/C81H133N21O18S/c1-5-6-7-8-9-10-11-12-13-14-15-16-23-37-64(105)88-41-29-42-102-68(109)45-63(80(102)120)121-50-62(78(118)96-57(70(85)110)34-24-26-38-82)100-72(112)52(3)94-77(117)61(49-103)99-75(115)58(35-25-27-39-83)98-74(114)59(36-28-40-89-81(86)87)97-71(111)51(2)93-66(107)48-92-79(119)69(53(4)104)101-76(116)60(44-55-32-21-18-22-33-55)95-67(108)47-90-65(106)46-91-73(113)56(84)43-54-30-19-17-20-31-54/h17-22,30-33,51-53,56-63,69,103-104H,5-16,23-29,34-50,82-84H2,1-4H3,(H2,85,110)(H,88,105)(H,90,106)(H,91,113)(H,92,119)(H,93,107)(H,94,117)(H,95,108)(H,96,118)(H,97,111)(H,98,114)(H,99,115)(H,100,112)(H,101,116)(H4,86,87,89)/t51-,52-,53+,56-,57-,58-,59-,60-,61-,62-,63?,69-/m0/s1. The number of rotatable bonds is 64. The van der Waals surface area contributed by atoms with E-state index in [1.54, 1.807) is 60.7 Å². The number of thioether (sulfide) groups is 1. The molecular weight excluding hydrogens is 1590 g/mol. The Morgan fingerprint density at radius 2 is 0.934 bits per heavy atom. The van der Waals surface area contributed by atoms with E-state index in [-0.39, 0.29) is 108 Å². The summed E-state index contributed by atoms with van der Waals surface area (Å²) >= 11 is 0.887. The number of amides is 16. The zero-order valence-electron chi connectivity index (χ0n) is 70.4. The van der Waals surface area contributed by atoms with Gasteiger partial charge in [-0.05, 0) is 116 Å². The van der Waals surface area contributed by atoms with Crippen molar-refractivity contribution in [2.45, 2.75) is 266 Å². The number of aliphatic imine (C=N–C) groups is 1. The quantitative estimate of drug-likeness (QED) is 0.0133. The topological polar surface area (TPSA) is 642 Å². The molecule has 40 heteroatoms. The Kier molecular flexibility index (Phi) is 52.1. The number of carbonyl (C=O) groups excluding carboxylic acids is 16. The number of imide groups is 1. The van der Waals surface area contributed by atoms with E-state index in [1.165, 1.54) is 78.6 Å². The molecule has 39 nitrogen and oxygen atoms in total. The van der Waals surface area contributed by atoms with Crippen molar-refractivity contribution in [1.29, 1.82) is 0 Å². The number of nitrogens with zero attached hydrogens (tertiary/aromatic N) is 2. The smallest absolute Gasteiger partial charge is 0.245 e. The average molecular weight is 1720 g/mol. The molecule has 1 heterocycles. The van der Waals surface area contributed by atoms with Crippen molar-refractivity contribution in [3.05, 3.63) is 71.8 Å². The Hall–Kier alpha value is -10.4. The molecule has 0 aliphatic carbocycles. The molecule has 1 aliphatic heterocycles. The number of guanidine groups is 1. The summed E-state index contributed by atoms with van der Waals surface area (Å²) in [6, 6.07) is 2.73. The van der Waals surface area contributed by atoms with Crippen LogP contribution in [-0.2, 0) is 89.6 Å². The molecule has 1 saturated heterocycles. The van der Waals surface area contributed by atoms with Crippen molar-refractivity contribution in [3.63, 3.8) is 0 Å². The monoisotopic (exact) mass is 1720 g/mol. The summed E-state index contributed by atoms with van der Waals surface area (Å²) in [4.78, 5) is 221. The number of aliphatic hydroxyl groups excluding tert-OH is 2. The Labute approximate surface area is 712 Å². The number of nitrogens with two attached hydrogens (primary N) is 6. The molecule has 0 bridgehead atoms. The first-order valence-electron chi connectivity index (χ1n) is 42.0. The second-order valence-electron chi connectivity index (χ2n) is 30.1. The first kappa shape index (κ1) is 105. The number of primary amides is 1. The largest absolute Gasteiger partial charge is 0.394 e. The molecular formula is C81H133N21O18S. The van der Waals surface area contributed by atoms with Crippen LogP contribution in [0.1, 0.15) is 193 Å². The third-order valence-electron chi connectivity index (χ3n) is 19.7. The zero-order valence-corrected chi connectivity index (χ0v) is 71.2. The van der Waals surface area contributed by atoms with E-state index in [4.69, 9.17) is 34.4 Å². The minimum Gasteiger partial charge on any atom is -0.394 e. The molecule has 12 atom stereocenters. The molecule has 1 aliphatic rings. The Morgan fingerprint density at radius 1 is 0.471 bits per heavy atom. The molecule has 1 fully saturated rings. The molecule has 0 radical (unpaired) electrons. The van der Waals surface area contributed by atoms with Crippen LogP contribution in [0.3, 0.4) is 0 Å². The van der Waals surface area contributed by atoms with E-state index in [1.807, 2.05) is 0 Å². The van der Waals surface area contributed by atoms with Gasteiger partial charge in [-0.2, -0.15) is 0 Å². The third-order valence-corrected chi connectivity index (χ3v) is 21.0. The number of aliphatic hydroxyl groups is 2. The van der Waals surface area contributed by atoms with Crippen molar-refractivity contribution in [3.8, 4) is 0 Å². The maximum atomic E-state index is 14.3. The van der Waals surface area contributed by atoms with Crippen LogP contribution in [0.4, 0.5) is 0 Å². The summed E-state index contributed by atoms with van der Waals surface area (Å²) in [5, 5.41) is 52.3. The highest BCUT2D eigenvalue weighted by Crippen LogP contribution is 2.26. The molecule has 2 aromatic rings. The fourth-order valence-corrected chi connectivity index (χ4v) is 13.9. The SMILES string of the molecule is CCCCCCCCCCCCCCCC(=O)NCCCN1C(=O)CC(SC[C@H](NC(=O)[C@H](C)NC(=O)[C@H](CO)NC(=O)[C@H](CCCCN)NC(=O)[C@H](CCCN=C(N)N)NC(=O)[C@H](C)NC(=O)CNC(=O)[C@@H](NC(=O)[C@H](Cc2ccccc2)NC(=O)CNC(=O)CNC(=O)[C@@H](N)Cc2ccccc2)[C@@H](C)O)C(=O)N[C@@H](CCCCN)C(N)=O)C1=O. The van der Waals surface area contributed by atoms with Crippen LogP contribution in [0.5, 0.6) is 0 Å². The van der Waals surface area contributed by atoms with E-state index in [2.05, 4.69) is 81.0 Å². The van der Waals surface area contributed by atoms with Gasteiger partial charge in [0.05, 0.1) is 43.6 Å². The maximum Gasteiger partial charge on any atom is 0.245 e. The van der Waals surface area contributed by atoms with Crippen molar-refractivity contribution >= 4 is 112 Å². The summed E-state index contributed by atoms with van der Waals surface area (Å²) in [6.07, 6.45) is 15.4. The molecule has 1 unspecified atom stereocenters. The molecule has 16 amide bonds. The number of unbranched alkanes of at least 4 members (excludes halogenated alkanes) is 14. The van der Waals surface area contributed by atoms with E-state index < -0.39 is 187 Å². The second kappa shape index (κ2) is 60.1. The van der Waals surface area contributed by atoms with Crippen molar-refractivity contribution in [2.24, 2.45) is 39.4 Å². The highest BCUT2D eigenvalue weighted by atomic mass is 32.2. The first-order valence-corrected chi connectivity index (χ1v) is 43.0. The van der Waals surface area contributed by atoms with E-state index in [9.17, 15) is 86.9 Å². The van der Waals surface area contributed by atoms with Gasteiger partial charge in [-0.3, -0.25) is 86.6 Å². The number of nitrogens with one attached hydrogen (secondary N) is 13. The Morgan fingerprint density at radius 3 is 1.49 bits per heavy atom. The lowest BCUT2D eigenvalue weighted by atomic mass is 10.0. The van der Waals surface area contributed by atoms with Crippen LogP contribution >= 0.6 is 11.8 Å².